The highest BCUT2D eigenvalue weighted by atomic mass is 16.6. The van der Waals surface area contributed by atoms with Crippen LogP contribution in [0.4, 0.5) is 11.5 Å². The zero-order valence-electron chi connectivity index (χ0n) is 11.0. The lowest BCUT2D eigenvalue weighted by Gasteiger charge is -2.27. The molecular weight excluding hydrogens is 234 g/mol. The SMILES string of the molecule is Cc1ccc([N+](=O)[O-])c(N(CCCO)C(C)C)n1. The second-order valence-corrected chi connectivity index (χ2v) is 4.42. The Morgan fingerprint density at radius 1 is 1.50 bits per heavy atom. The first-order valence-corrected chi connectivity index (χ1v) is 5.97. The fraction of sp³-hybridized carbons (Fsp3) is 0.583. The number of nitrogens with zero attached hydrogens (tertiary/aromatic N) is 3. The molecule has 1 aromatic rings. The van der Waals surface area contributed by atoms with E-state index in [9.17, 15) is 10.1 Å². The molecule has 0 saturated carbocycles. The predicted molar refractivity (Wildman–Crippen MR) is 69.8 cm³/mol. The van der Waals surface area contributed by atoms with Crippen LogP contribution in [0, 0.1) is 17.0 Å². The number of rotatable bonds is 6. The van der Waals surface area contributed by atoms with Gasteiger partial charge in [-0.15, -0.1) is 0 Å². The number of aryl methyl sites for hydroxylation is 1. The van der Waals surface area contributed by atoms with Crippen molar-refractivity contribution in [1.82, 2.24) is 4.98 Å². The lowest BCUT2D eigenvalue weighted by molar-refractivity contribution is -0.384. The van der Waals surface area contributed by atoms with Crippen molar-refractivity contribution in [2.45, 2.75) is 33.2 Å². The Labute approximate surface area is 106 Å². The van der Waals surface area contributed by atoms with E-state index < -0.39 is 4.92 Å². The highest BCUT2D eigenvalue weighted by Gasteiger charge is 2.22. The number of hydrogen-bond acceptors (Lipinski definition) is 5. The summed E-state index contributed by atoms with van der Waals surface area (Å²) >= 11 is 0. The minimum absolute atomic E-state index is 0.00670. The summed E-state index contributed by atoms with van der Waals surface area (Å²) in [5.41, 5.74) is 0.748. The van der Waals surface area contributed by atoms with Crippen LogP contribution in [0.3, 0.4) is 0 Å². The van der Waals surface area contributed by atoms with Crippen LogP contribution in [-0.4, -0.2) is 34.2 Å². The van der Waals surface area contributed by atoms with Gasteiger partial charge in [0.15, 0.2) is 0 Å². The molecule has 0 bridgehead atoms. The zero-order chi connectivity index (χ0) is 13.7. The Morgan fingerprint density at radius 3 is 2.67 bits per heavy atom. The average molecular weight is 253 g/mol. The molecule has 0 atom stereocenters. The molecule has 6 heteroatoms. The van der Waals surface area contributed by atoms with Gasteiger partial charge in [-0.05, 0) is 33.3 Å². The summed E-state index contributed by atoms with van der Waals surface area (Å²) in [4.78, 5) is 16.7. The van der Waals surface area contributed by atoms with Crippen molar-refractivity contribution in [3.8, 4) is 0 Å². The van der Waals surface area contributed by atoms with Gasteiger partial charge in [-0.25, -0.2) is 4.98 Å². The van der Waals surface area contributed by atoms with Gasteiger partial charge in [-0.3, -0.25) is 10.1 Å². The van der Waals surface area contributed by atoms with E-state index in [1.807, 2.05) is 18.7 Å². The van der Waals surface area contributed by atoms with Gasteiger partial charge < -0.3 is 10.0 Å². The first-order chi connectivity index (χ1) is 8.47. The summed E-state index contributed by atoms with van der Waals surface area (Å²) < 4.78 is 0. The molecule has 100 valence electrons. The molecule has 0 radical (unpaired) electrons. The number of aliphatic hydroxyl groups is 1. The summed E-state index contributed by atoms with van der Waals surface area (Å²) in [6.07, 6.45) is 0.560. The van der Waals surface area contributed by atoms with Crippen LogP contribution in [0.5, 0.6) is 0 Å². The van der Waals surface area contributed by atoms with E-state index in [1.165, 1.54) is 6.07 Å². The standard InChI is InChI=1S/C12H19N3O3/c1-9(2)14(7-4-8-16)12-11(15(17)18)6-5-10(3)13-12/h5-6,9,16H,4,7-8H2,1-3H3. The fourth-order valence-electron chi connectivity index (χ4n) is 1.74. The van der Waals surface area contributed by atoms with Crippen molar-refractivity contribution in [1.29, 1.82) is 0 Å². The van der Waals surface area contributed by atoms with Gasteiger partial charge in [0.1, 0.15) is 0 Å². The molecule has 0 aliphatic rings. The molecule has 0 aromatic carbocycles. The van der Waals surface area contributed by atoms with Gasteiger partial charge >= 0.3 is 5.69 Å². The van der Waals surface area contributed by atoms with Crippen LogP contribution in [0.1, 0.15) is 26.0 Å². The maximum atomic E-state index is 11.0. The molecule has 1 aromatic heterocycles. The van der Waals surface area contributed by atoms with Crippen molar-refractivity contribution >= 4 is 11.5 Å². The first-order valence-electron chi connectivity index (χ1n) is 5.97. The number of pyridine rings is 1. The number of anilines is 1. The van der Waals surface area contributed by atoms with Crippen LogP contribution in [0.2, 0.25) is 0 Å². The first kappa shape index (κ1) is 14.4. The summed E-state index contributed by atoms with van der Waals surface area (Å²) in [6.45, 7) is 6.31. The molecule has 1 N–H and O–H groups in total. The van der Waals surface area contributed by atoms with Crippen molar-refractivity contribution in [3.63, 3.8) is 0 Å². The van der Waals surface area contributed by atoms with Gasteiger partial charge in [0.2, 0.25) is 5.82 Å². The highest BCUT2D eigenvalue weighted by Crippen LogP contribution is 2.27. The maximum absolute atomic E-state index is 11.0. The summed E-state index contributed by atoms with van der Waals surface area (Å²) in [5.74, 6) is 0.378. The largest absolute Gasteiger partial charge is 0.396 e. The summed E-state index contributed by atoms with van der Waals surface area (Å²) in [7, 11) is 0. The average Bonchev–Trinajstić information content (AvgIpc) is 2.28. The lowest BCUT2D eigenvalue weighted by Crippen LogP contribution is -2.33. The molecule has 0 spiro atoms. The number of hydrogen-bond donors (Lipinski definition) is 1. The third-order valence-corrected chi connectivity index (χ3v) is 2.64. The smallest absolute Gasteiger partial charge is 0.311 e. The minimum atomic E-state index is -0.421. The Kier molecular flexibility index (Phi) is 5.03. The van der Waals surface area contributed by atoms with E-state index in [0.29, 0.717) is 18.8 Å². The number of aromatic nitrogens is 1. The van der Waals surface area contributed by atoms with E-state index in [-0.39, 0.29) is 18.3 Å². The van der Waals surface area contributed by atoms with E-state index in [0.717, 1.165) is 5.69 Å². The molecule has 0 unspecified atom stereocenters. The van der Waals surface area contributed by atoms with Crippen molar-refractivity contribution in [2.75, 3.05) is 18.1 Å². The second kappa shape index (κ2) is 6.30. The third kappa shape index (κ3) is 3.40. The van der Waals surface area contributed by atoms with Crippen LogP contribution in [0.15, 0.2) is 12.1 Å². The van der Waals surface area contributed by atoms with Gasteiger partial charge in [0.05, 0.1) is 4.92 Å². The summed E-state index contributed by atoms with van der Waals surface area (Å²) in [5, 5.41) is 19.9. The molecule has 18 heavy (non-hydrogen) atoms. The molecule has 0 fully saturated rings. The monoisotopic (exact) mass is 253 g/mol. The Hall–Kier alpha value is -1.69. The van der Waals surface area contributed by atoms with Gasteiger partial charge in [0.25, 0.3) is 0 Å². The summed E-state index contributed by atoms with van der Waals surface area (Å²) in [6, 6.07) is 3.20. The fourth-order valence-corrected chi connectivity index (χ4v) is 1.74. The number of nitro groups is 1. The van der Waals surface area contributed by atoms with Crippen LogP contribution in [-0.2, 0) is 0 Å². The molecule has 0 amide bonds. The van der Waals surface area contributed by atoms with Gasteiger partial charge in [-0.1, -0.05) is 0 Å². The number of aliphatic hydroxyl groups excluding tert-OH is 1. The van der Waals surface area contributed by atoms with Crippen LogP contribution in [0.25, 0.3) is 0 Å². The molecule has 1 rings (SSSR count). The van der Waals surface area contributed by atoms with Gasteiger partial charge in [-0.2, -0.15) is 0 Å². The highest BCUT2D eigenvalue weighted by molar-refractivity contribution is 5.58. The second-order valence-electron chi connectivity index (χ2n) is 4.42. The maximum Gasteiger partial charge on any atom is 0.311 e. The molecule has 0 saturated heterocycles. The normalized spacial score (nSPS) is 10.7. The third-order valence-electron chi connectivity index (χ3n) is 2.64. The Bertz CT molecular complexity index is 421. The van der Waals surface area contributed by atoms with Crippen LogP contribution < -0.4 is 4.90 Å². The lowest BCUT2D eigenvalue weighted by atomic mass is 10.2. The van der Waals surface area contributed by atoms with Crippen molar-refractivity contribution in [3.05, 3.63) is 27.9 Å². The van der Waals surface area contributed by atoms with Crippen LogP contribution >= 0.6 is 0 Å². The van der Waals surface area contributed by atoms with E-state index in [2.05, 4.69) is 4.98 Å². The van der Waals surface area contributed by atoms with E-state index >= 15 is 0 Å². The molecule has 6 nitrogen and oxygen atoms in total. The zero-order valence-corrected chi connectivity index (χ0v) is 11.0. The molecular formula is C12H19N3O3. The Morgan fingerprint density at radius 2 is 2.17 bits per heavy atom. The quantitative estimate of drug-likeness (QED) is 0.618. The van der Waals surface area contributed by atoms with Gasteiger partial charge in [0, 0.05) is 31.0 Å². The van der Waals surface area contributed by atoms with E-state index in [4.69, 9.17) is 5.11 Å². The van der Waals surface area contributed by atoms with Crippen molar-refractivity contribution < 1.29 is 10.0 Å². The Balaban J connectivity index is 3.16. The van der Waals surface area contributed by atoms with Crippen molar-refractivity contribution in [2.24, 2.45) is 0 Å². The molecule has 0 aliphatic heterocycles. The minimum Gasteiger partial charge on any atom is -0.396 e. The predicted octanol–water partition coefficient (Wildman–Crippen LogP) is 1.90. The molecule has 1 heterocycles. The van der Waals surface area contributed by atoms with E-state index in [1.54, 1.807) is 13.0 Å². The molecule has 0 aliphatic carbocycles. The topological polar surface area (TPSA) is 79.5 Å².